The minimum absolute atomic E-state index is 0.0253. The summed E-state index contributed by atoms with van der Waals surface area (Å²) in [6.45, 7) is 0.178. The number of rotatable bonds is 3. The average Bonchev–Trinajstić information content (AvgIpc) is 2.73. The number of hydrogen-bond acceptors (Lipinski definition) is 3. The van der Waals surface area contributed by atoms with Crippen LogP contribution in [0.5, 0.6) is 0 Å². The van der Waals surface area contributed by atoms with Crippen molar-refractivity contribution in [2.24, 2.45) is 7.05 Å². The third-order valence-electron chi connectivity index (χ3n) is 3.57. The van der Waals surface area contributed by atoms with E-state index in [2.05, 4.69) is 0 Å². The number of nitro groups is 1. The molecule has 0 fully saturated rings. The van der Waals surface area contributed by atoms with Crippen molar-refractivity contribution in [2.45, 2.75) is 6.54 Å². The fourth-order valence-corrected chi connectivity index (χ4v) is 2.51. The number of para-hydroxylation sites is 3. The van der Waals surface area contributed by atoms with Crippen molar-refractivity contribution in [3.63, 3.8) is 0 Å². The highest BCUT2D eigenvalue weighted by Crippen LogP contribution is 2.20. The predicted octanol–water partition coefficient (Wildman–Crippen LogP) is 2.30. The molecule has 0 radical (unpaired) electrons. The van der Waals surface area contributed by atoms with Gasteiger partial charge in [0.2, 0.25) is 0 Å². The first-order valence-corrected chi connectivity index (χ1v) is 6.46. The summed E-state index contributed by atoms with van der Waals surface area (Å²) in [7, 11) is 1.70. The lowest BCUT2D eigenvalue weighted by Crippen LogP contribution is -2.23. The molecular weight excluding hydrogens is 270 g/mol. The fourth-order valence-electron chi connectivity index (χ4n) is 2.51. The fraction of sp³-hybridized carbons (Fsp3) is 0.133. The molecule has 0 N–H and O–H groups in total. The van der Waals surface area contributed by atoms with Crippen LogP contribution in [-0.4, -0.2) is 14.1 Å². The Kier molecular flexibility index (Phi) is 3.06. The maximum absolute atomic E-state index is 12.3. The lowest BCUT2D eigenvalue weighted by Gasteiger charge is -2.04. The quantitative estimate of drug-likeness (QED) is 0.547. The summed E-state index contributed by atoms with van der Waals surface area (Å²) in [6.07, 6.45) is 0. The first-order chi connectivity index (χ1) is 10.1. The maximum atomic E-state index is 12.3. The summed E-state index contributed by atoms with van der Waals surface area (Å²) in [6, 6.07) is 13.9. The number of nitrogens with zero attached hydrogens (tertiary/aromatic N) is 3. The number of hydrogen-bond donors (Lipinski definition) is 0. The Morgan fingerprint density at radius 2 is 1.67 bits per heavy atom. The van der Waals surface area contributed by atoms with E-state index in [1.165, 1.54) is 6.07 Å². The Balaban J connectivity index is 2.18. The summed E-state index contributed by atoms with van der Waals surface area (Å²) in [5.74, 6) is 0. The molecule has 0 aliphatic carbocycles. The van der Waals surface area contributed by atoms with Gasteiger partial charge in [0, 0.05) is 18.7 Å². The highest BCUT2D eigenvalue weighted by molar-refractivity contribution is 5.76. The van der Waals surface area contributed by atoms with Crippen LogP contribution in [0.3, 0.4) is 0 Å². The van der Waals surface area contributed by atoms with Crippen LogP contribution < -0.4 is 5.69 Å². The van der Waals surface area contributed by atoms with Crippen LogP contribution >= 0.6 is 0 Å². The number of aromatic nitrogens is 2. The summed E-state index contributed by atoms with van der Waals surface area (Å²) >= 11 is 0. The van der Waals surface area contributed by atoms with E-state index in [1.54, 1.807) is 34.4 Å². The minimum atomic E-state index is -0.425. The van der Waals surface area contributed by atoms with E-state index in [0.717, 1.165) is 11.0 Å². The van der Waals surface area contributed by atoms with Gasteiger partial charge in [-0.3, -0.25) is 19.2 Å². The molecule has 2 aromatic carbocycles. The van der Waals surface area contributed by atoms with Gasteiger partial charge in [-0.2, -0.15) is 0 Å². The van der Waals surface area contributed by atoms with Crippen LogP contribution in [0, 0.1) is 10.1 Å². The van der Waals surface area contributed by atoms with Gasteiger partial charge in [-0.1, -0.05) is 30.3 Å². The van der Waals surface area contributed by atoms with E-state index in [9.17, 15) is 14.9 Å². The van der Waals surface area contributed by atoms with E-state index in [0.29, 0.717) is 5.56 Å². The molecule has 0 aliphatic rings. The molecule has 1 aromatic heterocycles. The molecule has 6 nitrogen and oxygen atoms in total. The molecule has 6 heteroatoms. The monoisotopic (exact) mass is 283 g/mol. The Bertz CT molecular complexity index is 893. The van der Waals surface area contributed by atoms with Crippen molar-refractivity contribution in [1.29, 1.82) is 0 Å². The summed E-state index contributed by atoms with van der Waals surface area (Å²) in [4.78, 5) is 23.0. The second-order valence-electron chi connectivity index (χ2n) is 4.80. The number of fused-ring (bicyclic) bond motifs is 1. The Morgan fingerprint density at radius 1 is 1.05 bits per heavy atom. The zero-order valence-electron chi connectivity index (χ0n) is 11.4. The molecule has 21 heavy (non-hydrogen) atoms. The lowest BCUT2D eigenvalue weighted by molar-refractivity contribution is -0.385. The van der Waals surface area contributed by atoms with Gasteiger partial charge in [0.25, 0.3) is 5.69 Å². The zero-order chi connectivity index (χ0) is 15.0. The van der Waals surface area contributed by atoms with Crippen molar-refractivity contribution in [2.75, 3.05) is 0 Å². The number of nitro benzene ring substituents is 1. The van der Waals surface area contributed by atoms with Crippen molar-refractivity contribution in [3.05, 3.63) is 74.7 Å². The summed E-state index contributed by atoms with van der Waals surface area (Å²) in [5.41, 5.74) is 1.93. The van der Waals surface area contributed by atoms with Gasteiger partial charge < -0.3 is 0 Å². The van der Waals surface area contributed by atoms with E-state index in [-0.39, 0.29) is 17.9 Å². The topological polar surface area (TPSA) is 70.1 Å². The molecule has 1 heterocycles. The molecular formula is C15H13N3O3. The molecule has 0 aliphatic heterocycles. The minimum Gasteiger partial charge on any atom is -0.295 e. The first kappa shape index (κ1) is 13.1. The van der Waals surface area contributed by atoms with Crippen LogP contribution in [0.1, 0.15) is 5.56 Å². The van der Waals surface area contributed by atoms with Gasteiger partial charge in [0.15, 0.2) is 0 Å². The molecule has 0 amide bonds. The molecule has 0 saturated carbocycles. The lowest BCUT2D eigenvalue weighted by atomic mass is 10.2. The SMILES string of the molecule is Cn1c(=O)n(Cc2ccccc2[N+](=O)[O-])c2ccccc21. The summed E-state index contributed by atoms with van der Waals surface area (Å²) in [5, 5.41) is 11.1. The normalized spacial score (nSPS) is 10.9. The zero-order valence-corrected chi connectivity index (χ0v) is 11.4. The van der Waals surface area contributed by atoms with E-state index >= 15 is 0 Å². The predicted molar refractivity (Wildman–Crippen MR) is 79.4 cm³/mol. The molecule has 0 saturated heterocycles. The number of aryl methyl sites for hydroxylation is 1. The Labute approximate surface area is 120 Å². The van der Waals surface area contributed by atoms with Gasteiger partial charge in [0.05, 0.1) is 22.5 Å². The maximum Gasteiger partial charge on any atom is 0.329 e. The highest BCUT2D eigenvalue weighted by atomic mass is 16.6. The van der Waals surface area contributed by atoms with Crippen LogP contribution in [0.25, 0.3) is 11.0 Å². The largest absolute Gasteiger partial charge is 0.329 e. The standard InChI is InChI=1S/C15H13N3O3/c1-16-13-8-4-5-9-14(13)17(15(16)19)10-11-6-2-3-7-12(11)18(20)21/h2-9H,10H2,1H3. The molecule has 0 atom stereocenters. The average molecular weight is 283 g/mol. The first-order valence-electron chi connectivity index (χ1n) is 6.46. The molecule has 0 bridgehead atoms. The van der Waals surface area contributed by atoms with Gasteiger partial charge in [-0.15, -0.1) is 0 Å². The molecule has 0 spiro atoms. The number of benzene rings is 2. The van der Waals surface area contributed by atoms with Crippen LogP contribution in [0.4, 0.5) is 5.69 Å². The smallest absolute Gasteiger partial charge is 0.295 e. The van der Waals surface area contributed by atoms with Crippen LogP contribution in [0.2, 0.25) is 0 Å². The van der Waals surface area contributed by atoms with Crippen LogP contribution in [0.15, 0.2) is 53.3 Å². The van der Waals surface area contributed by atoms with Crippen molar-refractivity contribution < 1.29 is 4.92 Å². The third-order valence-corrected chi connectivity index (χ3v) is 3.57. The van der Waals surface area contributed by atoms with Gasteiger partial charge >= 0.3 is 5.69 Å². The highest BCUT2D eigenvalue weighted by Gasteiger charge is 2.16. The molecule has 3 aromatic rings. The second-order valence-corrected chi connectivity index (χ2v) is 4.80. The number of imidazole rings is 1. The Morgan fingerprint density at radius 3 is 2.38 bits per heavy atom. The van der Waals surface area contributed by atoms with Gasteiger partial charge in [-0.05, 0) is 12.1 Å². The van der Waals surface area contributed by atoms with Crippen molar-refractivity contribution >= 4 is 16.7 Å². The van der Waals surface area contributed by atoms with Crippen molar-refractivity contribution in [1.82, 2.24) is 9.13 Å². The second kappa shape index (κ2) is 4.90. The van der Waals surface area contributed by atoms with E-state index in [4.69, 9.17) is 0 Å². The Hall–Kier alpha value is -2.89. The van der Waals surface area contributed by atoms with Gasteiger partial charge in [-0.25, -0.2) is 4.79 Å². The van der Waals surface area contributed by atoms with E-state index in [1.807, 2.05) is 24.3 Å². The van der Waals surface area contributed by atoms with Gasteiger partial charge in [0.1, 0.15) is 0 Å². The third kappa shape index (κ3) is 2.10. The van der Waals surface area contributed by atoms with Crippen LogP contribution in [-0.2, 0) is 13.6 Å². The summed E-state index contributed by atoms with van der Waals surface area (Å²) < 4.78 is 3.10. The molecule has 106 valence electrons. The van der Waals surface area contributed by atoms with Crippen molar-refractivity contribution in [3.8, 4) is 0 Å². The molecule has 0 unspecified atom stereocenters. The molecule has 3 rings (SSSR count). The van der Waals surface area contributed by atoms with E-state index < -0.39 is 4.92 Å².